The van der Waals surface area contributed by atoms with Gasteiger partial charge in [-0.05, 0) is 29.8 Å². The van der Waals surface area contributed by atoms with Crippen LogP contribution < -0.4 is 5.73 Å². The molecule has 0 radical (unpaired) electrons. The minimum absolute atomic E-state index is 0.433. The number of nitrogens with two attached hydrogens (primary N) is 1. The molecule has 0 amide bonds. The van der Waals surface area contributed by atoms with Gasteiger partial charge in [0.15, 0.2) is 0 Å². The molecule has 0 saturated heterocycles. The van der Waals surface area contributed by atoms with E-state index in [1.165, 1.54) is 6.07 Å². The van der Waals surface area contributed by atoms with Crippen molar-refractivity contribution in [2.24, 2.45) is 5.73 Å². The minimum atomic E-state index is -4.34. The summed E-state index contributed by atoms with van der Waals surface area (Å²) in [6, 6.07) is 7.97. The Kier molecular flexibility index (Phi) is 2.93. The van der Waals surface area contributed by atoms with E-state index >= 15 is 0 Å². The van der Waals surface area contributed by atoms with Crippen molar-refractivity contribution < 1.29 is 13.2 Å². The van der Waals surface area contributed by atoms with Gasteiger partial charge in [-0.1, -0.05) is 12.1 Å². The average molecular weight is 240 g/mol. The summed E-state index contributed by atoms with van der Waals surface area (Å²) in [5.41, 5.74) is 6.31. The van der Waals surface area contributed by atoms with Gasteiger partial charge in [-0.3, -0.25) is 0 Å². The van der Waals surface area contributed by atoms with Gasteiger partial charge in [-0.15, -0.1) is 0 Å². The van der Waals surface area contributed by atoms with Crippen molar-refractivity contribution in [2.45, 2.75) is 12.2 Å². The summed E-state index contributed by atoms with van der Waals surface area (Å²) in [6.45, 7) is 0. The van der Waals surface area contributed by atoms with Gasteiger partial charge in [-0.2, -0.15) is 13.2 Å². The highest BCUT2D eigenvalue weighted by Crippen LogP contribution is 2.31. The molecule has 90 valence electrons. The summed E-state index contributed by atoms with van der Waals surface area (Å²) in [5, 5.41) is 0. The Hall–Kier alpha value is -1.75. The van der Waals surface area contributed by atoms with Crippen LogP contribution in [0.25, 0.3) is 0 Å². The van der Waals surface area contributed by atoms with Crippen molar-refractivity contribution in [1.82, 2.24) is 4.98 Å². The third-order valence-corrected chi connectivity index (χ3v) is 2.53. The van der Waals surface area contributed by atoms with E-state index in [1.807, 2.05) is 0 Å². The van der Waals surface area contributed by atoms with Crippen LogP contribution in [0.15, 0.2) is 42.6 Å². The predicted molar refractivity (Wildman–Crippen MR) is 58.3 cm³/mol. The van der Waals surface area contributed by atoms with Gasteiger partial charge in [0.05, 0.1) is 11.6 Å². The zero-order valence-corrected chi connectivity index (χ0v) is 8.83. The van der Waals surface area contributed by atoms with E-state index in [0.29, 0.717) is 11.3 Å². The quantitative estimate of drug-likeness (QED) is 0.832. The Morgan fingerprint density at radius 1 is 1.12 bits per heavy atom. The first-order valence-corrected chi connectivity index (χ1v) is 5.04. The molecule has 2 aromatic rings. The van der Waals surface area contributed by atoms with E-state index in [0.717, 1.165) is 12.1 Å². The summed E-state index contributed by atoms with van der Waals surface area (Å²) in [7, 11) is 0. The number of aromatic nitrogens is 1. The van der Waals surface area contributed by atoms with Gasteiger partial charge in [0.2, 0.25) is 0 Å². The van der Waals surface area contributed by atoms with Crippen molar-refractivity contribution in [3.63, 3.8) is 0 Å². The van der Waals surface area contributed by atoms with Crippen molar-refractivity contribution in [3.05, 3.63) is 59.4 Å². The number of hydrogen-bond acceptors (Lipinski definition) is 1. The number of aromatic amines is 1. The normalized spacial score (nSPS) is 13.6. The molecule has 0 bridgehead atoms. The fourth-order valence-corrected chi connectivity index (χ4v) is 1.63. The summed E-state index contributed by atoms with van der Waals surface area (Å²) in [5.74, 6) is 0. The second-order valence-corrected chi connectivity index (χ2v) is 3.73. The Bertz CT molecular complexity index is 489. The third kappa shape index (κ3) is 2.50. The molecule has 1 unspecified atom stereocenters. The minimum Gasteiger partial charge on any atom is -0.363 e. The SMILES string of the molecule is NC(c1cccc(C(F)(F)F)c1)c1ccc[nH]1. The number of halogens is 3. The van der Waals surface area contributed by atoms with E-state index in [1.54, 1.807) is 24.4 Å². The molecule has 3 N–H and O–H groups in total. The lowest BCUT2D eigenvalue weighted by atomic mass is 10.0. The predicted octanol–water partition coefficient (Wildman–Crippen LogP) is 3.08. The Balaban J connectivity index is 2.34. The van der Waals surface area contributed by atoms with Crippen molar-refractivity contribution in [2.75, 3.05) is 0 Å². The van der Waals surface area contributed by atoms with Gasteiger partial charge < -0.3 is 10.7 Å². The van der Waals surface area contributed by atoms with Crippen LogP contribution >= 0.6 is 0 Å². The van der Waals surface area contributed by atoms with Crippen LogP contribution in [0.1, 0.15) is 22.9 Å². The van der Waals surface area contributed by atoms with Crippen molar-refractivity contribution in [1.29, 1.82) is 0 Å². The van der Waals surface area contributed by atoms with Crippen LogP contribution in [0.4, 0.5) is 13.2 Å². The third-order valence-electron chi connectivity index (χ3n) is 2.53. The van der Waals surface area contributed by atoms with Gasteiger partial charge in [0.25, 0.3) is 0 Å². The van der Waals surface area contributed by atoms with Crippen LogP contribution in [0.2, 0.25) is 0 Å². The number of nitrogens with one attached hydrogen (secondary N) is 1. The second kappa shape index (κ2) is 4.25. The van der Waals surface area contributed by atoms with E-state index < -0.39 is 17.8 Å². The zero-order valence-electron chi connectivity index (χ0n) is 8.83. The molecule has 0 aliphatic rings. The molecule has 2 rings (SSSR count). The highest BCUT2D eigenvalue weighted by Gasteiger charge is 2.30. The molecule has 0 spiro atoms. The second-order valence-electron chi connectivity index (χ2n) is 3.73. The lowest BCUT2D eigenvalue weighted by molar-refractivity contribution is -0.137. The molecular weight excluding hydrogens is 229 g/mol. The largest absolute Gasteiger partial charge is 0.416 e. The molecule has 0 aliphatic heterocycles. The van der Waals surface area contributed by atoms with Gasteiger partial charge in [0.1, 0.15) is 0 Å². The molecular formula is C12H11F3N2. The fraction of sp³-hybridized carbons (Fsp3) is 0.167. The highest BCUT2D eigenvalue weighted by molar-refractivity contribution is 5.32. The van der Waals surface area contributed by atoms with E-state index in [-0.39, 0.29) is 0 Å². The van der Waals surface area contributed by atoms with Gasteiger partial charge in [0, 0.05) is 11.9 Å². The van der Waals surface area contributed by atoms with Crippen LogP contribution in [-0.2, 0) is 6.18 Å². The van der Waals surface area contributed by atoms with Crippen LogP contribution in [0.5, 0.6) is 0 Å². The summed E-state index contributed by atoms with van der Waals surface area (Å²) >= 11 is 0. The first-order chi connectivity index (χ1) is 7.98. The van der Waals surface area contributed by atoms with E-state index in [2.05, 4.69) is 4.98 Å². The lowest BCUT2D eigenvalue weighted by Crippen LogP contribution is -2.14. The van der Waals surface area contributed by atoms with Crippen molar-refractivity contribution >= 4 is 0 Å². The maximum atomic E-state index is 12.5. The van der Waals surface area contributed by atoms with Crippen LogP contribution in [0, 0.1) is 0 Å². The molecule has 1 aromatic heterocycles. The smallest absolute Gasteiger partial charge is 0.363 e. The Morgan fingerprint density at radius 3 is 2.47 bits per heavy atom. The number of rotatable bonds is 2. The molecule has 1 aromatic carbocycles. The molecule has 0 saturated carbocycles. The maximum absolute atomic E-state index is 12.5. The van der Waals surface area contributed by atoms with Crippen LogP contribution in [-0.4, -0.2) is 4.98 Å². The molecule has 2 nitrogen and oxygen atoms in total. The zero-order chi connectivity index (χ0) is 12.5. The topological polar surface area (TPSA) is 41.8 Å². The van der Waals surface area contributed by atoms with Crippen molar-refractivity contribution in [3.8, 4) is 0 Å². The fourth-order valence-electron chi connectivity index (χ4n) is 1.63. The Labute approximate surface area is 96.3 Å². The standard InChI is InChI=1S/C12H11F3N2/c13-12(14,15)9-4-1-3-8(7-9)11(16)10-5-2-6-17-10/h1-7,11,17H,16H2. The highest BCUT2D eigenvalue weighted by atomic mass is 19.4. The monoisotopic (exact) mass is 240 g/mol. The lowest BCUT2D eigenvalue weighted by Gasteiger charge is -2.13. The maximum Gasteiger partial charge on any atom is 0.416 e. The van der Waals surface area contributed by atoms with Gasteiger partial charge >= 0.3 is 6.18 Å². The summed E-state index contributed by atoms with van der Waals surface area (Å²) in [6.07, 6.45) is -2.66. The molecule has 0 fully saturated rings. The average Bonchev–Trinajstić information content (AvgIpc) is 2.80. The summed E-state index contributed by atoms with van der Waals surface area (Å²) < 4.78 is 37.6. The number of benzene rings is 1. The molecule has 17 heavy (non-hydrogen) atoms. The number of H-pyrrole nitrogens is 1. The number of alkyl halides is 3. The first-order valence-electron chi connectivity index (χ1n) is 5.04. The molecule has 1 atom stereocenters. The van der Waals surface area contributed by atoms with E-state index in [4.69, 9.17) is 5.73 Å². The summed E-state index contributed by atoms with van der Waals surface area (Å²) in [4.78, 5) is 2.89. The first kappa shape index (κ1) is 11.7. The van der Waals surface area contributed by atoms with Crippen LogP contribution in [0.3, 0.4) is 0 Å². The van der Waals surface area contributed by atoms with Gasteiger partial charge in [-0.25, -0.2) is 0 Å². The Morgan fingerprint density at radius 2 is 1.88 bits per heavy atom. The number of hydrogen-bond donors (Lipinski definition) is 2. The van der Waals surface area contributed by atoms with E-state index in [9.17, 15) is 13.2 Å². The molecule has 5 heteroatoms. The molecule has 1 heterocycles. The molecule has 0 aliphatic carbocycles.